The fourth-order valence-corrected chi connectivity index (χ4v) is 2.25. The van der Waals surface area contributed by atoms with Gasteiger partial charge in [-0.05, 0) is 23.0 Å². The van der Waals surface area contributed by atoms with Crippen molar-refractivity contribution in [2.45, 2.75) is 52.1 Å². The van der Waals surface area contributed by atoms with Crippen LogP contribution in [0.25, 0.3) is 0 Å². The molecule has 0 saturated carbocycles. The maximum atomic E-state index is 6.35. The molecule has 1 atom stereocenters. The molecule has 0 saturated heterocycles. The van der Waals surface area contributed by atoms with Gasteiger partial charge in [-0.15, -0.1) is 5.10 Å². The molecule has 108 valence electrons. The summed E-state index contributed by atoms with van der Waals surface area (Å²) in [6.45, 7) is 9.60. The van der Waals surface area contributed by atoms with Crippen molar-refractivity contribution < 1.29 is 0 Å². The molecule has 4 heteroatoms. The first-order valence-electron chi connectivity index (χ1n) is 7.18. The van der Waals surface area contributed by atoms with Gasteiger partial charge in [0.25, 0.3) is 0 Å². The van der Waals surface area contributed by atoms with Gasteiger partial charge in [-0.3, -0.25) is 0 Å². The van der Waals surface area contributed by atoms with E-state index in [4.69, 9.17) is 5.73 Å². The Labute approximate surface area is 121 Å². The second-order valence-corrected chi connectivity index (χ2v) is 6.23. The molecular weight excluding hydrogens is 248 g/mol. The molecule has 0 aliphatic carbocycles. The van der Waals surface area contributed by atoms with Gasteiger partial charge in [-0.1, -0.05) is 57.2 Å². The lowest BCUT2D eigenvalue weighted by atomic mass is 9.86. The average molecular weight is 272 g/mol. The molecule has 1 heterocycles. The molecule has 0 radical (unpaired) electrons. The SMILES string of the molecule is CCCn1nncc1C(N)c1ccc(C(C)(C)C)cc1. The van der Waals surface area contributed by atoms with Crippen LogP contribution >= 0.6 is 0 Å². The topological polar surface area (TPSA) is 56.7 Å². The molecule has 0 aliphatic heterocycles. The first kappa shape index (κ1) is 14.7. The Bertz CT molecular complexity index is 549. The van der Waals surface area contributed by atoms with E-state index in [1.807, 2.05) is 4.68 Å². The fourth-order valence-electron chi connectivity index (χ4n) is 2.25. The molecule has 0 fully saturated rings. The van der Waals surface area contributed by atoms with Crippen molar-refractivity contribution in [2.75, 3.05) is 0 Å². The first-order chi connectivity index (χ1) is 9.43. The highest BCUT2D eigenvalue weighted by atomic mass is 15.4. The summed E-state index contributed by atoms with van der Waals surface area (Å²) in [5, 5.41) is 8.07. The largest absolute Gasteiger partial charge is 0.319 e. The number of hydrogen-bond acceptors (Lipinski definition) is 3. The third-order valence-corrected chi connectivity index (χ3v) is 3.54. The van der Waals surface area contributed by atoms with Crippen molar-refractivity contribution in [3.05, 3.63) is 47.3 Å². The molecule has 1 aromatic heterocycles. The highest BCUT2D eigenvalue weighted by Crippen LogP contribution is 2.25. The third kappa shape index (κ3) is 3.07. The normalized spacial score (nSPS) is 13.4. The molecule has 2 aromatic rings. The van der Waals surface area contributed by atoms with E-state index in [1.165, 1.54) is 5.56 Å². The van der Waals surface area contributed by atoms with E-state index in [2.05, 4.69) is 62.3 Å². The molecule has 0 spiro atoms. The summed E-state index contributed by atoms with van der Waals surface area (Å²) in [6.07, 6.45) is 2.78. The lowest BCUT2D eigenvalue weighted by molar-refractivity contribution is 0.543. The molecule has 1 unspecified atom stereocenters. The molecule has 1 aromatic carbocycles. The smallest absolute Gasteiger partial charge is 0.0799 e. The zero-order chi connectivity index (χ0) is 14.8. The van der Waals surface area contributed by atoms with Crippen LogP contribution in [0, 0.1) is 0 Å². The molecule has 2 rings (SSSR count). The van der Waals surface area contributed by atoms with Crippen molar-refractivity contribution >= 4 is 0 Å². The van der Waals surface area contributed by atoms with Gasteiger partial charge in [0.2, 0.25) is 0 Å². The molecule has 0 aliphatic rings. The summed E-state index contributed by atoms with van der Waals surface area (Å²) in [5.41, 5.74) is 9.89. The summed E-state index contributed by atoms with van der Waals surface area (Å²) in [5.74, 6) is 0. The summed E-state index contributed by atoms with van der Waals surface area (Å²) < 4.78 is 1.89. The van der Waals surface area contributed by atoms with E-state index in [0.717, 1.165) is 24.2 Å². The maximum absolute atomic E-state index is 6.35. The zero-order valence-electron chi connectivity index (χ0n) is 12.8. The molecular formula is C16H24N4. The number of aromatic nitrogens is 3. The van der Waals surface area contributed by atoms with E-state index in [-0.39, 0.29) is 11.5 Å². The number of rotatable bonds is 4. The Kier molecular flexibility index (Phi) is 4.23. The van der Waals surface area contributed by atoms with E-state index >= 15 is 0 Å². The van der Waals surface area contributed by atoms with Gasteiger partial charge in [0, 0.05) is 6.54 Å². The number of hydrogen-bond donors (Lipinski definition) is 1. The monoisotopic (exact) mass is 272 g/mol. The van der Waals surface area contributed by atoms with Crippen molar-refractivity contribution in [1.82, 2.24) is 15.0 Å². The number of benzene rings is 1. The predicted octanol–water partition coefficient (Wildman–Crippen LogP) is 3.03. The van der Waals surface area contributed by atoms with Crippen molar-refractivity contribution in [3.8, 4) is 0 Å². The van der Waals surface area contributed by atoms with E-state index in [0.29, 0.717) is 0 Å². The van der Waals surface area contributed by atoms with Gasteiger partial charge in [-0.2, -0.15) is 0 Å². The fraction of sp³-hybridized carbons (Fsp3) is 0.500. The Hall–Kier alpha value is -1.68. The van der Waals surface area contributed by atoms with Gasteiger partial charge >= 0.3 is 0 Å². The number of nitrogens with two attached hydrogens (primary N) is 1. The summed E-state index contributed by atoms with van der Waals surface area (Å²) in [6, 6.07) is 8.35. The second-order valence-electron chi connectivity index (χ2n) is 6.23. The highest BCUT2D eigenvalue weighted by molar-refractivity contribution is 5.32. The summed E-state index contributed by atoms with van der Waals surface area (Å²) in [4.78, 5) is 0. The lowest BCUT2D eigenvalue weighted by Gasteiger charge is -2.20. The van der Waals surface area contributed by atoms with Crippen LogP contribution in [0.4, 0.5) is 0 Å². The minimum absolute atomic E-state index is 0.161. The van der Waals surface area contributed by atoms with Crippen LogP contribution in [0.3, 0.4) is 0 Å². The first-order valence-corrected chi connectivity index (χ1v) is 7.18. The average Bonchev–Trinajstić information content (AvgIpc) is 2.86. The van der Waals surface area contributed by atoms with E-state index < -0.39 is 0 Å². The van der Waals surface area contributed by atoms with Crippen LogP contribution < -0.4 is 5.73 Å². The van der Waals surface area contributed by atoms with Gasteiger partial charge in [0.1, 0.15) is 0 Å². The lowest BCUT2D eigenvalue weighted by Crippen LogP contribution is -2.18. The van der Waals surface area contributed by atoms with Gasteiger partial charge in [-0.25, -0.2) is 4.68 Å². The zero-order valence-corrected chi connectivity index (χ0v) is 12.8. The molecule has 0 amide bonds. The van der Waals surface area contributed by atoms with Crippen molar-refractivity contribution in [2.24, 2.45) is 5.73 Å². The van der Waals surface area contributed by atoms with Crippen LogP contribution in [-0.4, -0.2) is 15.0 Å². The van der Waals surface area contributed by atoms with Crippen LogP contribution in [0.1, 0.15) is 57.0 Å². The van der Waals surface area contributed by atoms with Gasteiger partial charge in [0.05, 0.1) is 17.9 Å². The summed E-state index contributed by atoms with van der Waals surface area (Å²) in [7, 11) is 0. The third-order valence-electron chi connectivity index (χ3n) is 3.54. The van der Waals surface area contributed by atoms with Crippen molar-refractivity contribution in [1.29, 1.82) is 0 Å². The van der Waals surface area contributed by atoms with Crippen LogP contribution in [0.2, 0.25) is 0 Å². The summed E-state index contributed by atoms with van der Waals surface area (Å²) >= 11 is 0. The molecule has 4 nitrogen and oxygen atoms in total. The Morgan fingerprint density at radius 1 is 1.20 bits per heavy atom. The van der Waals surface area contributed by atoms with Crippen LogP contribution in [-0.2, 0) is 12.0 Å². The predicted molar refractivity (Wildman–Crippen MR) is 81.5 cm³/mol. The van der Waals surface area contributed by atoms with Gasteiger partial charge < -0.3 is 5.73 Å². The molecule has 20 heavy (non-hydrogen) atoms. The molecule has 0 bridgehead atoms. The Balaban J connectivity index is 2.25. The minimum atomic E-state index is -0.175. The standard InChI is InChI=1S/C16H24N4/c1-5-10-20-14(11-18-19-20)15(17)12-6-8-13(9-7-12)16(2,3)4/h6-9,11,15H,5,10,17H2,1-4H3. The number of nitrogens with zero attached hydrogens (tertiary/aromatic N) is 3. The molecule has 2 N–H and O–H groups in total. The minimum Gasteiger partial charge on any atom is -0.319 e. The number of aryl methyl sites for hydroxylation is 1. The highest BCUT2D eigenvalue weighted by Gasteiger charge is 2.17. The van der Waals surface area contributed by atoms with Crippen LogP contribution in [0.5, 0.6) is 0 Å². The second kappa shape index (κ2) is 5.75. The Morgan fingerprint density at radius 3 is 2.40 bits per heavy atom. The van der Waals surface area contributed by atoms with E-state index in [1.54, 1.807) is 6.20 Å². The van der Waals surface area contributed by atoms with Crippen molar-refractivity contribution in [3.63, 3.8) is 0 Å². The van der Waals surface area contributed by atoms with Crippen LogP contribution in [0.15, 0.2) is 30.5 Å². The Morgan fingerprint density at radius 2 is 1.85 bits per heavy atom. The quantitative estimate of drug-likeness (QED) is 0.930. The van der Waals surface area contributed by atoms with E-state index in [9.17, 15) is 0 Å². The van der Waals surface area contributed by atoms with Gasteiger partial charge in [0.15, 0.2) is 0 Å². The maximum Gasteiger partial charge on any atom is 0.0799 e.